The smallest absolute Gasteiger partial charge is 0.254 e. The molecule has 2 rings (SSSR count). The number of carbonyl (C=O) groups is 2. The molecule has 0 saturated carbocycles. The molecular weight excluding hydrogens is 288 g/mol. The molecule has 0 atom stereocenters. The van der Waals surface area contributed by atoms with E-state index in [1.165, 1.54) is 5.56 Å². The van der Waals surface area contributed by atoms with Crippen LogP contribution >= 0.6 is 0 Å². The quantitative estimate of drug-likeness (QED) is 0.799. The van der Waals surface area contributed by atoms with Crippen molar-refractivity contribution in [1.82, 2.24) is 9.80 Å². The molecule has 1 aliphatic rings. The van der Waals surface area contributed by atoms with Crippen LogP contribution in [-0.2, 0) is 10.2 Å². The van der Waals surface area contributed by atoms with Gasteiger partial charge in [-0.25, -0.2) is 0 Å². The Kier molecular flexibility index (Phi) is 5.12. The fourth-order valence-corrected chi connectivity index (χ4v) is 2.92. The molecule has 0 N–H and O–H groups in total. The topological polar surface area (TPSA) is 40.6 Å². The highest BCUT2D eigenvalue weighted by Crippen LogP contribution is 2.25. The number of benzene rings is 1. The zero-order chi connectivity index (χ0) is 17.2. The van der Waals surface area contributed by atoms with Gasteiger partial charge in [0.05, 0.1) is 0 Å². The maximum absolute atomic E-state index is 13.0. The maximum atomic E-state index is 13.0. The summed E-state index contributed by atoms with van der Waals surface area (Å²) in [4.78, 5) is 28.2. The Labute approximate surface area is 139 Å². The molecule has 0 unspecified atom stereocenters. The fraction of sp³-hybridized carbons (Fsp3) is 0.579. The number of amides is 2. The molecule has 0 aromatic heterocycles. The first-order valence-electron chi connectivity index (χ1n) is 8.36. The molecule has 0 spiro atoms. The number of carbonyl (C=O) groups excluding carboxylic acids is 2. The Hall–Kier alpha value is -1.84. The standard InChI is InChI=1S/C19H28N2O2/c1-14-7-8-16(19(3,4)5)13-17(14)18(23)21-10-6-9-20(11-12-21)15(2)22/h7-8,13H,6,9-12H2,1-5H3. The van der Waals surface area contributed by atoms with E-state index in [4.69, 9.17) is 0 Å². The van der Waals surface area contributed by atoms with Crippen molar-refractivity contribution in [1.29, 1.82) is 0 Å². The zero-order valence-electron chi connectivity index (χ0n) is 15.0. The van der Waals surface area contributed by atoms with Gasteiger partial charge in [-0.2, -0.15) is 0 Å². The highest BCUT2D eigenvalue weighted by atomic mass is 16.2. The van der Waals surface area contributed by atoms with Gasteiger partial charge in [-0.05, 0) is 36.0 Å². The molecule has 1 aromatic rings. The van der Waals surface area contributed by atoms with E-state index in [2.05, 4.69) is 26.8 Å². The van der Waals surface area contributed by atoms with Gasteiger partial charge in [-0.15, -0.1) is 0 Å². The van der Waals surface area contributed by atoms with E-state index in [9.17, 15) is 9.59 Å². The summed E-state index contributed by atoms with van der Waals surface area (Å²) < 4.78 is 0. The molecule has 4 nitrogen and oxygen atoms in total. The molecule has 126 valence electrons. The van der Waals surface area contributed by atoms with Crippen molar-refractivity contribution < 1.29 is 9.59 Å². The van der Waals surface area contributed by atoms with Gasteiger partial charge in [0.1, 0.15) is 0 Å². The van der Waals surface area contributed by atoms with Gasteiger partial charge in [0.2, 0.25) is 5.91 Å². The highest BCUT2D eigenvalue weighted by Gasteiger charge is 2.24. The first-order chi connectivity index (χ1) is 10.7. The molecule has 1 fully saturated rings. The number of aryl methyl sites for hydroxylation is 1. The Balaban J connectivity index is 2.21. The fourth-order valence-electron chi connectivity index (χ4n) is 2.92. The van der Waals surface area contributed by atoms with Crippen molar-refractivity contribution in [3.05, 3.63) is 34.9 Å². The molecule has 0 radical (unpaired) electrons. The predicted octanol–water partition coefficient (Wildman–Crippen LogP) is 2.99. The molecule has 0 bridgehead atoms. The summed E-state index contributed by atoms with van der Waals surface area (Å²) in [6, 6.07) is 6.17. The molecule has 23 heavy (non-hydrogen) atoms. The normalized spacial score (nSPS) is 16.2. The van der Waals surface area contributed by atoms with E-state index in [0.29, 0.717) is 19.6 Å². The van der Waals surface area contributed by atoms with Gasteiger partial charge in [0.15, 0.2) is 0 Å². The van der Waals surface area contributed by atoms with Gasteiger partial charge in [0.25, 0.3) is 5.91 Å². The van der Waals surface area contributed by atoms with Crippen LogP contribution in [-0.4, -0.2) is 47.8 Å². The Morgan fingerprint density at radius 3 is 2.22 bits per heavy atom. The van der Waals surface area contributed by atoms with Crippen molar-refractivity contribution in [2.24, 2.45) is 0 Å². The van der Waals surface area contributed by atoms with Crippen molar-refractivity contribution in [3.8, 4) is 0 Å². The third-order valence-corrected chi connectivity index (χ3v) is 4.56. The van der Waals surface area contributed by atoms with Crippen LogP contribution in [0.1, 0.15) is 55.6 Å². The van der Waals surface area contributed by atoms with Crippen LogP contribution in [0, 0.1) is 6.92 Å². The van der Waals surface area contributed by atoms with Crippen LogP contribution in [0.2, 0.25) is 0 Å². The van der Waals surface area contributed by atoms with E-state index in [-0.39, 0.29) is 17.2 Å². The molecule has 4 heteroatoms. The highest BCUT2D eigenvalue weighted by molar-refractivity contribution is 5.96. The second-order valence-electron chi connectivity index (χ2n) is 7.43. The molecule has 1 aromatic carbocycles. The molecule has 1 saturated heterocycles. The minimum atomic E-state index is 0.0208. The van der Waals surface area contributed by atoms with Crippen LogP contribution in [0.4, 0.5) is 0 Å². The summed E-state index contributed by atoms with van der Waals surface area (Å²) in [6.45, 7) is 12.7. The third kappa shape index (κ3) is 4.12. The van der Waals surface area contributed by atoms with Crippen molar-refractivity contribution in [3.63, 3.8) is 0 Å². The van der Waals surface area contributed by atoms with Crippen molar-refractivity contribution >= 4 is 11.8 Å². The van der Waals surface area contributed by atoms with E-state index in [1.54, 1.807) is 6.92 Å². The van der Waals surface area contributed by atoms with Crippen LogP contribution in [0.25, 0.3) is 0 Å². The lowest BCUT2D eigenvalue weighted by atomic mass is 9.85. The van der Waals surface area contributed by atoms with E-state index >= 15 is 0 Å². The van der Waals surface area contributed by atoms with Crippen molar-refractivity contribution in [2.45, 2.75) is 46.5 Å². The SMILES string of the molecule is CC(=O)N1CCCN(C(=O)c2cc(C(C)(C)C)ccc2C)CC1. The van der Waals surface area contributed by atoms with Gasteiger partial charge >= 0.3 is 0 Å². The average molecular weight is 316 g/mol. The van der Waals surface area contributed by atoms with Crippen LogP contribution in [0.3, 0.4) is 0 Å². The second-order valence-corrected chi connectivity index (χ2v) is 7.43. The lowest BCUT2D eigenvalue weighted by Gasteiger charge is -2.24. The van der Waals surface area contributed by atoms with Gasteiger partial charge < -0.3 is 9.80 Å². The Morgan fingerprint density at radius 1 is 1.00 bits per heavy atom. The van der Waals surface area contributed by atoms with Crippen LogP contribution in [0.15, 0.2) is 18.2 Å². The summed E-state index contributed by atoms with van der Waals surface area (Å²) in [5.74, 6) is 0.171. The predicted molar refractivity (Wildman–Crippen MR) is 92.7 cm³/mol. The molecule has 2 amide bonds. The summed E-state index contributed by atoms with van der Waals surface area (Å²) in [5.41, 5.74) is 2.99. The van der Waals surface area contributed by atoms with Gasteiger partial charge in [-0.1, -0.05) is 32.9 Å². The summed E-state index contributed by atoms with van der Waals surface area (Å²) in [6.07, 6.45) is 0.837. The average Bonchev–Trinajstić information content (AvgIpc) is 2.71. The number of hydrogen-bond donors (Lipinski definition) is 0. The van der Waals surface area contributed by atoms with E-state index < -0.39 is 0 Å². The van der Waals surface area contributed by atoms with Crippen molar-refractivity contribution in [2.75, 3.05) is 26.2 Å². The molecular formula is C19H28N2O2. The third-order valence-electron chi connectivity index (χ3n) is 4.56. The summed E-state index contributed by atoms with van der Waals surface area (Å²) in [7, 11) is 0. The number of rotatable bonds is 1. The number of nitrogens with zero attached hydrogens (tertiary/aromatic N) is 2. The summed E-state index contributed by atoms with van der Waals surface area (Å²) >= 11 is 0. The number of hydrogen-bond acceptors (Lipinski definition) is 2. The zero-order valence-corrected chi connectivity index (χ0v) is 15.0. The molecule has 1 heterocycles. The molecule has 0 aliphatic carbocycles. The first kappa shape index (κ1) is 17.5. The second kappa shape index (κ2) is 6.73. The molecule has 1 aliphatic heterocycles. The monoisotopic (exact) mass is 316 g/mol. The van der Waals surface area contributed by atoms with Gasteiger partial charge in [0, 0.05) is 38.7 Å². The minimum absolute atomic E-state index is 0.0208. The maximum Gasteiger partial charge on any atom is 0.254 e. The Morgan fingerprint density at radius 2 is 1.61 bits per heavy atom. The van der Waals surface area contributed by atoms with E-state index in [1.807, 2.05) is 28.9 Å². The largest absolute Gasteiger partial charge is 0.341 e. The lowest BCUT2D eigenvalue weighted by molar-refractivity contribution is -0.128. The minimum Gasteiger partial charge on any atom is -0.341 e. The lowest BCUT2D eigenvalue weighted by Crippen LogP contribution is -2.36. The van der Waals surface area contributed by atoms with Crippen LogP contribution in [0.5, 0.6) is 0 Å². The first-order valence-corrected chi connectivity index (χ1v) is 8.36. The summed E-state index contributed by atoms with van der Waals surface area (Å²) in [5, 5.41) is 0. The van der Waals surface area contributed by atoms with Gasteiger partial charge in [-0.3, -0.25) is 9.59 Å². The van der Waals surface area contributed by atoms with E-state index in [0.717, 1.165) is 24.1 Å². The Bertz CT molecular complexity index is 602. The van der Waals surface area contributed by atoms with Crippen LogP contribution < -0.4 is 0 Å².